The zero-order valence-electron chi connectivity index (χ0n) is 12.3. The normalized spacial score (nSPS) is 11.8. The van der Waals surface area contributed by atoms with Crippen LogP contribution in [0.4, 0.5) is 5.82 Å². The van der Waals surface area contributed by atoms with Crippen molar-refractivity contribution < 1.29 is 0 Å². The van der Waals surface area contributed by atoms with Gasteiger partial charge in [-0.05, 0) is 35.1 Å². The van der Waals surface area contributed by atoms with Crippen molar-refractivity contribution in [2.24, 2.45) is 0 Å². The molecular weight excluding hydrogens is 365 g/mol. The summed E-state index contributed by atoms with van der Waals surface area (Å²) >= 11 is 2.22. The number of nitrogens with zero attached hydrogens (tertiary/aromatic N) is 4. The van der Waals surface area contributed by atoms with E-state index in [1.165, 1.54) is 0 Å². The van der Waals surface area contributed by atoms with E-state index < -0.39 is 0 Å². The van der Waals surface area contributed by atoms with Crippen LogP contribution in [-0.4, -0.2) is 19.7 Å². The minimum atomic E-state index is -0.0715. The van der Waals surface area contributed by atoms with E-state index >= 15 is 0 Å². The molecule has 108 valence electrons. The van der Waals surface area contributed by atoms with Gasteiger partial charge in [0, 0.05) is 18.2 Å². The van der Waals surface area contributed by atoms with Crippen LogP contribution in [0.2, 0.25) is 0 Å². The van der Waals surface area contributed by atoms with E-state index in [0.29, 0.717) is 11.6 Å². The summed E-state index contributed by atoms with van der Waals surface area (Å²) in [5, 5.41) is 4.32. The number of halogens is 1. The lowest BCUT2D eigenvalue weighted by Gasteiger charge is -2.21. The first kappa shape index (κ1) is 15.2. The first-order chi connectivity index (χ1) is 9.34. The second-order valence-electron chi connectivity index (χ2n) is 5.78. The highest BCUT2D eigenvalue weighted by molar-refractivity contribution is 14.1. The van der Waals surface area contributed by atoms with E-state index in [0.717, 1.165) is 27.9 Å². The molecule has 0 fully saturated rings. The van der Waals surface area contributed by atoms with Crippen LogP contribution >= 0.6 is 22.6 Å². The minimum Gasteiger partial charge on any atom is -0.383 e. The second kappa shape index (κ2) is 5.67. The average molecular weight is 385 g/mol. The molecule has 0 aromatic carbocycles. The summed E-state index contributed by atoms with van der Waals surface area (Å²) in [4.78, 5) is 9.16. The van der Waals surface area contributed by atoms with Crippen LogP contribution in [0.15, 0.2) is 12.3 Å². The molecule has 0 amide bonds. The average Bonchev–Trinajstić information content (AvgIpc) is 2.79. The number of nitrogens with two attached hydrogens (primary N) is 1. The molecule has 0 radical (unpaired) electrons. The van der Waals surface area contributed by atoms with E-state index in [4.69, 9.17) is 10.7 Å². The molecular formula is C14H20IN5. The molecule has 20 heavy (non-hydrogen) atoms. The maximum atomic E-state index is 6.06. The lowest BCUT2D eigenvalue weighted by atomic mass is 9.92. The number of hydrogen-bond acceptors (Lipinski definition) is 4. The first-order valence-electron chi connectivity index (χ1n) is 6.70. The zero-order valence-corrected chi connectivity index (χ0v) is 14.5. The van der Waals surface area contributed by atoms with E-state index in [9.17, 15) is 0 Å². The summed E-state index contributed by atoms with van der Waals surface area (Å²) in [6.07, 6.45) is 2.79. The van der Waals surface area contributed by atoms with Crippen molar-refractivity contribution >= 4 is 28.4 Å². The molecule has 0 saturated carbocycles. The molecule has 2 heterocycles. The lowest BCUT2D eigenvalue weighted by molar-refractivity contribution is 0.562. The van der Waals surface area contributed by atoms with Gasteiger partial charge in [0.15, 0.2) is 5.82 Å². The molecule has 0 saturated heterocycles. The molecule has 0 atom stereocenters. The Kier molecular flexibility index (Phi) is 4.31. The Bertz CT molecular complexity index is 613. The molecule has 0 unspecified atom stereocenters. The molecule has 0 aliphatic rings. The Morgan fingerprint density at radius 1 is 1.30 bits per heavy atom. The monoisotopic (exact) mass is 385 g/mol. The van der Waals surface area contributed by atoms with Crippen LogP contribution in [0.25, 0.3) is 11.5 Å². The number of nitrogen functional groups attached to an aromatic ring is 1. The van der Waals surface area contributed by atoms with Crippen LogP contribution in [0.3, 0.4) is 0 Å². The standard InChI is InChI=1S/C14H20IN5/c1-5-8-20-9(6-7-17-20)13-18-11(14(2,3)4)10(15)12(16)19-13/h6-7H,5,8H2,1-4H3,(H2,16,18,19). The molecule has 2 N–H and O–H groups in total. The van der Waals surface area contributed by atoms with Crippen molar-refractivity contribution in [1.82, 2.24) is 19.7 Å². The quantitative estimate of drug-likeness (QED) is 0.824. The Labute approximate surface area is 133 Å². The third kappa shape index (κ3) is 2.94. The maximum Gasteiger partial charge on any atom is 0.180 e. The first-order valence-corrected chi connectivity index (χ1v) is 7.78. The lowest BCUT2D eigenvalue weighted by Crippen LogP contribution is -2.19. The highest BCUT2D eigenvalue weighted by atomic mass is 127. The molecule has 2 aromatic heterocycles. The fourth-order valence-electron chi connectivity index (χ4n) is 1.99. The number of hydrogen-bond donors (Lipinski definition) is 1. The summed E-state index contributed by atoms with van der Waals surface area (Å²) in [7, 11) is 0. The highest BCUT2D eigenvalue weighted by Gasteiger charge is 2.23. The van der Waals surface area contributed by atoms with Gasteiger partial charge in [-0.1, -0.05) is 27.7 Å². The molecule has 5 nitrogen and oxygen atoms in total. The fourth-order valence-corrected chi connectivity index (χ4v) is 3.04. The van der Waals surface area contributed by atoms with Gasteiger partial charge in [-0.15, -0.1) is 0 Å². The van der Waals surface area contributed by atoms with Crippen LogP contribution in [0.5, 0.6) is 0 Å². The molecule has 0 bridgehead atoms. The Balaban J connectivity index is 2.58. The molecule has 0 aliphatic carbocycles. The smallest absolute Gasteiger partial charge is 0.180 e. The zero-order chi connectivity index (χ0) is 14.9. The Hall–Kier alpha value is -1.18. The van der Waals surface area contributed by atoms with Crippen molar-refractivity contribution in [3.63, 3.8) is 0 Å². The topological polar surface area (TPSA) is 69.6 Å². The number of aromatic nitrogens is 4. The van der Waals surface area contributed by atoms with Gasteiger partial charge >= 0.3 is 0 Å². The van der Waals surface area contributed by atoms with Gasteiger partial charge in [-0.2, -0.15) is 5.10 Å². The molecule has 2 aromatic rings. The van der Waals surface area contributed by atoms with Gasteiger partial charge in [-0.25, -0.2) is 9.97 Å². The van der Waals surface area contributed by atoms with Gasteiger partial charge in [0.2, 0.25) is 0 Å². The predicted octanol–water partition coefficient (Wildman–Crippen LogP) is 3.23. The molecule has 2 rings (SSSR count). The summed E-state index contributed by atoms with van der Waals surface area (Å²) in [5.74, 6) is 1.18. The fraction of sp³-hybridized carbons (Fsp3) is 0.500. The van der Waals surface area contributed by atoms with Crippen LogP contribution in [0, 0.1) is 3.57 Å². The van der Waals surface area contributed by atoms with Crippen LogP contribution in [0.1, 0.15) is 39.8 Å². The van der Waals surface area contributed by atoms with Crippen molar-refractivity contribution in [1.29, 1.82) is 0 Å². The van der Waals surface area contributed by atoms with E-state index in [1.54, 1.807) is 6.20 Å². The van der Waals surface area contributed by atoms with Gasteiger partial charge < -0.3 is 5.73 Å². The summed E-state index contributed by atoms with van der Waals surface area (Å²) < 4.78 is 2.86. The van der Waals surface area contributed by atoms with E-state index in [2.05, 4.69) is 60.4 Å². The third-order valence-corrected chi connectivity index (χ3v) is 4.03. The summed E-state index contributed by atoms with van der Waals surface area (Å²) in [5.41, 5.74) is 7.88. The summed E-state index contributed by atoms with van der Waals surface area (Å²) in [6, 6.07) is 1.93. The van der Waals surface area contributed by atoms with Crippen LogP contribution < -0.4 is 5.73 Å². The van der Waals surface area contributed by atoms with E-state index in [1.807, 2.05) is 10.7 Å². The molecule has 0 spiro atoms. The number of rotatable bonds is 3. The van der Waals surface area contributed by atoms with Crippen molar-refractivity contribution in [2.45, 2.75) is 46.1 Å². The highest BCUT2D eigenvalue weighted by Crippen LogP contribution is 2.30. The van der Waals surface area contributed by atoms with Crippen LogP contribution in [-0.2, 0) is 12.0 Å². The third-order valence-electron chi connectivity index (χ3n) is 2.97. The van der Waals surface area contributed by atoms with Gasteiger partial charge in [0.1, 0.15) is 11.5 Å². The SMILES string of the molecule is CCCn1nccc1-c1nc(N)c(I)c(C(C)(C)C)n1. The van der Waals surface area contributed by atoms with Gasteiger partial charge in [-0.3, -0.25) is 4.68 Å². The number of aryl methyl sites for hydroxylation is 1. The number of anilines is 1. The van der Waals surface area contributed by atoms with Crippen molar-refractivity contribution in [3.8, 4) is 11.5 Å². The van der Waals surface area contributed by atoms with E-state index in [-0.39, 0.29) is 5.41 Å². The summed E-state index contributed by atoms with van der Waals surface area (Å²) in [6.45, 7) is 9.36. The van der Waals surface area contributed by atoms with Crippen molar-refractivity contribution in [2.75, 3.05) is 5.73 Å². The second-order valence-corrected chi connectivity index (χ2v) is 6.86. The molecule has 6 heteroatoms. The molecule has 0 aliphatic heterocycles. The van der Waals surface area contributed by atoms with Gasteiger partial charge in [0.05, 0.1) is 9.26 Å². The minimum absolute atomic E-state index is 0.0715. The largest absolute Gasteiger partial charge is 0.383 e. The van der Waals surface area contributed by atoms with Crippen molar-refractivity contribution in [3.05, 3.63) is 21.5 Å². The van der Waals surface area contributed by atoms with Gasteiger partial charge in [0.25, 0.3) is 0 Å². The maximum absolute atomic E-state index is 6.06. The Morgan fingerprint density at radius 3 is 2.60 bits per heavy atom. The predicted molar refractivity (Wildman–Crippen MR) is 89.4 cm³/mol. The Morgan fingerprint density at radius 2 is 2.00 bits per heavy atom.